The molecule has 82 heavy (non-hydrogen) atoms. The van der Waals surface area contributed by atoms with Gasteiger partial charge in [-0.15, -0.1) is 22.7 Å². The Morgan fingerprint density at radius 2 is 0.610 bits per heavy atom. The van der Waals surface area contributed by atoms with Crippen molar-refractivity contribution in [2.24, 2.45) is 0 Å². The summed E-state index contributed by atoms with van der Waals surface area (Å²) in [7, 11) is 0. The van der Waals surface area contributed by atoms with Gasteiger partial charge in [0.05, 0.1) is 60.5 Å². The van der Waals surface area contributed by atoms with Crippen LogP contribution in [0, 0.1) is 0 Å². The van der Waals surface area contributed by atoms with E-state index in [-0.39, 0.29) is 55.6 Å². The van der Waals surface area contributed by atoms with Crippen molar-refractivity contribution in [3.8, 4) is 66.8 Å². The van der Waals surface area contributed by atoms with Gasteiger partial charge in [0.15, 0.2) is 0 Å². The van der Waals surface area contributed by atoms with E-state index in [1.807, 2.05) is 60.7 Å². The summed E-state index contributed by atoms with van der Waals surface area (Å²) in [4.78, 5) is 0. The third-order valence-corrected chi connectivity index (χ3v) is 18.9. The molecule has 0 radical (unpaired) electrons. The Hall–Kier alpha value is -10.1. The Bertz CT molecular complexity index is 6430. The van der Waals surface area contributed by atoms with E-state index in [1.54, 1.807) is 59.1 Å². The molecule has 2 nitrogen and oxygen atoms in total. The molecule has 0 fully saturated rings. The minimum absolute atomic E-state index is 0.136. The first kappa shape index (κ1) is 29.9. The normalized spacial score (nSPS) is 15.8. The molecule has 0 saturated carbocycles. The van der Waals surface area contributed by atoms with E-state index in [2.05, 4.69) is 57.3 Å². The summed E-state index contributed by atoms with van der Waals surface area (Å²) >= 11 is 3.34. The van der Waals surface area contributed by atoms with Crippen LogP contribution in [0.1, 0.15) is 27.4 Å². The van der Waals surface area contributed by atoms with Crippen LogP contribution < -0.4 is 0 Å². The number of nitrogens with zero attached hydrogens (tertiary/aromatic N) is 2. The third kappa shape index (κ3) is 6.07. The van der Waals surface area contributed by atoms with Gasteiger partial charge in [0.2, 0.25) is 0 Å². The summed E-state index contributed by atoms with van der Waals surface area (Å²) in [6, 6.07) is 36.0. The van der Waals surface area contributed by atoms with E-state index in [4.69, 9.17) is 16.4 Å². The standard InChI is InChI=1S/C78H44N2S2/c1-5-19-45(20-6-1)51-29-17-30-52(46-21-7-2-8-22-46)71(51)49-35-37-55-63(39-49)79-65-41-60-62-44-70-74(58-28-14-16-34-68(58)82-70)76-56-38-36-50(72-53(47-23-9-3-10-24-47)31-18-32-54(72)48-25-11-4-12-26-48)40-64(56)80(78(62)76)66(60)42-59(65)61-43-69-73(75(55)77(61)79)57-27-13-15-33-67(57)81-69/h1-44H/i1D,2D,3D,4D,5D,6D,7D,8D,9D,10D,11D,12D,19D,20D,21D,22D,23D,24D,25D,26D. The lowest BCUT2D eigenvalue weighted by Gasteiger charge is -2.17. The maximum atomic E-state index is 9.33. The molecule has 0 saturated heterocycles. The van der Waals surface area contributed by atoms with E-state index in [1.165, 1.54) is 0 Å². The predicted octanol–water partition coefficient (Wildman–Crippen LogP) is 22.7. The van der Waals surface area contributed by atoms with Gasteiger partial charge >= 0.3 is 0 Å². The van der Waals surface area contributed by atoms with E-state index >= 15 is 0 Å². The average Bonchev–Trinajstić information content (AvgIpc) is 1.50. The van der Waals surface area contributed by atoms with E-state index < -0.39 is 121 Å². The van der Waals surface area contributed by atoms with Crippen molar-refractivity contribution in [3.05, 3.63) is 266 Å². The summed E-state index contributed by atoms with van der Waals surface area (Å²) < 4.78 is 188. The fourth-order valence-electron chi connectivity index (χ4n) is 13.5. The third-order valence-electron chi connectivity index (χ3n) is 16.7. The van der Waals surface area contributed by atoms with Gasteiger partial charge in [-0.2, -0.15) is 0 Å². The van der Waals surface area contributed by atoms with Crippen LogP contribution in [0.4, 0.5) is 0 Å². The Morgan fingerprint density at radius 1 is 0.256 bits per heavy atom. The molecule has 19 rings (SSSR count). The molecule has 13 aromatic carbocycles. The second kappa shape index (κ2) is 16.7. The van der Waals surface area contributed by atoms with Crippen LogP contribution in [0.25, 0.3) is 183 Å². The van der Waals surface area contributed by atoms with Crippen molar-refractivity contribution >= 4 is 139 Å². The number of aromatic nitrogens is 2. The Kier molecular flexibility index (Phi) is 6.11. The zero-order chi connectivity index (χ0) is 70.7. The molecule has 0 bridgehead atoms. The van der Waals surface area contributed by atoms with E-state index in [9.17, 15) is 11.0 Å². The van der Waals surface area contributed by atoms with Crippen LogP contribution in [0.3, 0.4) is 0 Å². The lowest BCUT2D eigenvalue weighted by atomic mass is 9.87. The molecule has 0 atom stereocenters. The van der Waals surface area contributed by atoms with Crippen molar-refractivity contribution < 1.29 is 27.4 Å². The zero-order valence-corrected chi connectivity index (χ0v) is 44.2. The topological polar surface area (TPSA) is 8.82 Å². The van der Waals surface area contributed by atoms with Gasteiger partial charge in [-0.3, -0.25) is 0 Å². The number of benzene rings is 13. The first-order chi connectivity index (χ1) is 49.0. The summed E-state index contributed by atoms with van der Waals surface area (Å²) in [6.45, 7) is 0. The molecule has 0 spiro atoms. The monoisotopic (exact) mass is 1090 g/mol. The minimum atomic E-state index is -0.593. The van der Waals surface area contributed by atoms with Gasteiger partial charge in [0, 0.05) is 83.4 Å². The van der Waals surface area contributed by atoms with Crippen LogP contribution in [-0.2, 0) is 0 Å². The number of hydrogen-bond donors (Lipinski definition) is 0. The first-order valence-corrected chi connectivity index (χ1v) is 28.2. The molecule has 0 aliphatic heterocycles. The highest BCUT2D eigenvalue weighted by Gasteiger charge is 2.28. The largest absolute Gasteiger partial charge is 0.308 e. The van der Waals surface area contributed by atoms with Crippen molar-refractivity contribution in [2.45, 2.75) is 0 Å². The predicted molar refractivity (Wildman–Crippen MR) is 354 cm³/mol. The van der Waals surface area contributed by atoms with E-state index in [0.29, 0.717) is 11.1 Å². The Balaban J connectivity index is 0.964. The highest BCUT2D eigenvalue weighted by atomic mass is 32.1. The van der Waals surface area contributed by atoms with Gasteiger partial charge in [0.25, 0.3) is 0 Å². The Morgan fingerprint density at radius 3 is 0.988 bits per heavy atom. The van der Waals surface area contributed by atoms with Crippen molar-refractivity contribution in [1.82, 2.24) is 8.80 Å². The Labute approximate surface area is 506 Å². The minimum Gasteiger partial charge on any atom is -0.308 e. The number of hydrogen-bond acceptors (Lipinski definition) is 2. The van der Waals surface area contributed by atoms with Crippen LogP contribution in [0.15, 0.2) is 266 Å². The molecule has 378 valence electrons. The lowest BCUT2D eigenvalue weighted by molar-refractivity contribution is 1.36. The molecule has 0 amide bonds. The molecule has 4 heteroatoms. The maximum absolute atomic E-state index is 9.33. The van der Waals surface area contributed by atoms with E-state index in [0.717, 1.165) is 117 Å². The molecule has 6 aromatic heterocycles. The molecule has 0 aliphatic carbocycles. The fourth-order valence-corrected chi connectivity index (χ4v) is 15.8. The van der Waals surface area contributed by atoms with Gasteiger partial charge in [-0.25, -0.2) is 0 Å². The van der Waals surface area contributed by atoms with Gasteiger partial charge in [-0.1, -0.05) is 218 Å². The van der Waals surface area contributed by atoms with Crippen molar-refractivity contribution in [2.75, 3.05) is 0 Å². The smallest absolute Gasteiger partial charge is 0.0629 e. The summed E-state index contributed by atoms with van der Waals surface area (Å²) in [5.74, 6) is 0. The quantitative estimate of drug-likeness (QED) is 0.157. The molecular formula is C78H44N2S2. The van der Waals surface area contributed by atoms with Gasteiger partial charge < -0.3 is 8.80 Å². The van der Waals surface area contributed by atoms with Crippen molar-refractivity contribution in [3.63, 3.8) is 0 Å². The highest BCUT2D eigenvalue weighted by molar-refractivity contribution is 7.26. The summed E-state index contributed by atoms with van der Waals surface area (Å²) in [5.41, 5.74) is 6.53. The zero-order valence-electron chi connectivity index (χ0n) is 62.6. The molecule has 0 N–H and O–H groups in total. The number of thiophene rings is 2. The molecule has 0 aliphatic rings. The first-order valence-electron chi connectivity index (χ1n) is 36.6. The lowest BCUT2D eigenvalue weighted by Crippen LogP contribution is -1.91. The number of rotatable bonds is 6. The second-order valence-corrected chi connectivity index (χ2v) is 22.9. The second-order valence-electron chi connectivity index (χ2n) is 20.7. The molecule has 0 unspecified atom stereocenters. The average molecular weight is 1090 g/mol. The van der Waals surface area contributed by atoms with Crippen LogP contribution in [0.5, 0.6) is 0 Å². The fraction of sp³-hybridized carbons (Fsp3) is 0. The highest BCUT2D eigenvalue weighted by Crippen LogP contribution is 2.53. The van der Waals surface area contributed by atoms with Crippen molar-refractivity contribution in [1.29, 1.82) is 0 Å². The van der Waals surface area contributed by atoms with Gasteiger partial charge in [-0.05, 0) is 115 Å². The summed E-state index contributed by atoms with van der Waals surface area (Å²) in [6.07, 6.45) is 0. The molecular weight excluding hydrogens is 1030 g/mol. The SMILES string of the molecule is [2H]c1c([2H])c([2H])c(-c2cccc(-c3c([2H])c([2H])c([2H])c([2H])c3[2H])c2-c2ccc3c4c5c(cc6c7cc8c(cc7n(c3c2)c64)c2cc3sc4ccccc4c3c3c4ccc(-c6c(-c7c([2H])c([2H])c([2H])c([2H])c7[2H])cccc6-c6c([2H])c([2H])c([2H])c([2H])c6[2H])cc4n8c23)sc2ccccc25)c([2H])c1[2H]. The van der Waals surface area contributed by atoms with Crippen LogP contribution in [-0.4, -0.2) is 8.80 Å². The molecule has 6 heterocycles. The number of fused-ring (bicyclic) bond motifs is 20. The van der Waals surface area contributed by atoms with Crippen LogP contribution in [0.2, 0.25) is 0 Å². The van der Waals surface area contributed by atoms with Crippen LogP contribution >= 0.6 is 22.7 Å². The summed E-state index contributed by atoms with van der Waals surface area (Å²) in [5, 5.41) is 11.4. The van der Waals surface area contributed by atoms with Gasteiger partial charge in [0.1, 0.15) is 0 Å². The maximum Gasteiger partial charge on any atom is 0.0629 e. The molecule has 19 aromatic rings.